The number of carbonyl (C=O) groups excluding carboxylic acids is 2. The molecule has 0 saturated heterocycles. The fourth-order valence-corrected chi connectivity index (χ4v) is 2.77. The van der Waals surface area contributed by atoms with Gasteiger partial charge in [0.25, 0.3) is 0 Å². The smallest absolute Gasteiger partial charge is 0.310 e. The van der Waals surface area contributed by atoms with E-state index in [-0.39, 0.29) is 29.7 Å². The Labute approximate surface area is 134 Å². The maximum Gasteiger partial charge on any atom is 0.310 e. The first-order valence-electron chi connectivity index (χ1n) is 8.22. The van der Waals surface area contributed by atoms with Crippen molar-refractivity contribution in [3.63, 3.8) is 0 Å². The van der Waals surface area contributed by atoms with E-state index in [1.165, 1.54) is 0 Å². The van der Waals surface area contributed by atoms with Crippen LogP contribution in [0.15, 0.2) is 11.6 Å². The number of ether oxygens (including phenoxy) is 2. The van der Waals surface area contributed by atoms with Crippen molar-refractivity contribution in [3.8, 4) is 0 Å². The molecule has 0 amide bonds. The predicted octanol–water partition coefficient (Wildman–Crippen LogP) is 3.60. The molecule has 1 aliphatic carbocycles. The van der Waals surface area contributed by atoms with Crippen LogP contribution in [0.4, 0.5) is 0 Å². The number of carbonyl (C=O) groups is 2. The molecule has 0 unspecified atom stereocenters. The Balaban J connectivity index is 2.83. The standard InChI is InChI=1S/C18H30O4/c1-11(2)9-21-17(19)15-8-13(5)7-14(6)16(15)18(20)22-10-12(3)4/h7,11-12,14-16H,8-10H2,1-6H3/t14-,15-,16+/m0/s1. The van der Waals surface area contributed by atoms with Crippen molar-refractivity contribution in [3.05, 3.63) is 11.6 Å². The quantitative estimate of drug-likeness (QED) is 0.555. The molecular formula is C18H30O4. The highest BCUT2D eigenvalue weighted by Crippen LogP contribution is 2.35. The number of rotatable bonds is 6. The van der Waals surface area contributed by atoms with E-state index in [0.29, 0.717) is 19.6 Å². The lowest BCUT2D eigenvalue weighted by Gasteiger charge is -2.32. The Morgan fingerprint density at radius 2 is 1.59 bits per heavy atom. The summed E-state index contributed by atoms with van der Waals surface area (Å²) < 4.78 is 10.8. The lowest BCUT2D eigenvalue weighted by atomic mass is 9.74. The van der Waals surface area contributed by atoms with Crippen LogP contribution < -0.4 is 0 Å². The van der Waals surface area contributed by atoms with Gasteiger partial charge in [-0.1, -0.05) is 46.3 Å². The van der Waals surface area contributed by atoms with Gasteiger partial charge in [0, 0.05) is 0 Å². The normalized spacial score (nSPS) is 25.1. The molecule has 1 aliphatic rings. The average Bonchev–Trinajstić information content (AvgIpc) is 2.41. The maximum atomic E-state index is 12.4. The van der Waals surface area contributed by atoms with E-state index >= 15 is 0 Å². The van der Waals surface area contributed by atoms with Gasteiger partial charge in [-0.3, -0.25) is 9.59 Å². The first-order chi connectivity index (χ1) is 10.2. The summed E-state index contributed by atoms with van der Waals surface area (Å²) in [5.74, 6) is -0.874. The third-order valence-corrected chi connectivity index (χ3v) is 3.78. The van der Waals surface area contributed by atoms with E-state index < -0.39 is 11.8 Å². The van der Waals surface area contributed by atoms with Crippen molar-refractivity contribution in [1.82, 2.24) is 0 Å². The summed E-state index contributed by atoms with van der Waals surface area (Å²) >= 11 is 0. The molecule has 0 saturated carbocycles. The van der Waals surface area contributed by atoms with Crippen LogP contribution in [0.25, 0.3) is 0 Å². The Kier molecular flexibility index (Phi) is 7.11. The van der Waals surface area contributed by atoms with Crippen LogP contribution in [-0.4, -0.2) is 25.2 Å². The summed E-state index contributed by atoms with van der Waals surface area (Å²) in [5, 5.41) is 0. The van der Waals surface area contributed by atoms with Crippen LogP contribution in [0, 0.1) is 29.6 Å². The minimum absolute atomic E-state index is 0.00925. The monoisotopic (exact) mass is 310 g/mol. The third kappa shape index (κ3) is 5.47. The van der Waals surface area contributed by atoms with E-state index in [2.05, 4.69) is 6.08 Å². The largest absolute Gasteiger partial charge is 0.465 e. The van der Waals surface area contributed by atoms with Crippen LogP contribution in [0.1, 0.15) is 48.0 Å². The zero-order chi connectivity index (χ0) is 16.9. The van der Waals surface area contributed by atoms with Gasteiger partial charge in [0.2, 0.25) is 0 Å². The molecule has 0 N–H and O–H groups in total. The second-order valence-corrected chi connectivity index (χ2v) is 7.26. The third-order valence-electron chi connectivity index (χ3n) is 3.78. The van der Waals surface area contributed by atoms with Crippen molar-refractivity contribution in [1.29, 1.82) is 0 Å². The van der Waals surface area contributed by atoms with Gasteiger partial charge >= 0.3 is 11.9 Å². The predicted molar refractivity (Wildman–Crippen MR) is 86.1 cm³/mol. The van der Waals surface area contributed by atoms with Gasteiger partial charge in [-0.05, 0) is 31.1 Å². The van der Waals surface area contributed by atoms with Crippen LogP contribution in [-0.2, 0) is 19.1 Å². The summed E-state index contributed by atoms with van der Waals surface area (Å²) in [4.78, 5) is 24.8. The lowest BCUT2D eigenvalue weighted by Crippen LogP contribution is -2.39. The molecule has 0 aromatic rings. The highest BCUT2D eigenvalue weighted by Gasteiger charge is 2.41. The average molecular weight is 310 g/mol. The molecule has 0 aliphatic heterocycles. The van der Waals surface area contributed by atoms with Crippen molar-refractivity contribution >= 4 is 11.9 Å². The van der Waals surface area contributed by atoms with Gasteiger partial charge in [0.15, 0.2) is 0 Å². The second-order valence-electron chi connectivity index (χ2n) is 7.26. The molecule has 1 rings (SSSR count). The SMILES string of the molecule is CC1=C[C@H](C)[C@@H](C(=O)OCC(C)C)[C@@H](C(=O)OCC(C)C)C1. The van der Waals surface area contributed by atoms with Crippen molar-refractivity contribution in [2.24, 2.45) is 29.6 Å². The number of allylic oxidation sites excluding steroid dienone is 2. The first kappa shape index (κ1) is 18.7. The minimum atomic E-state index is -0.442. The lowest BCUT2D eigenvalue weighted by molar-refractivity contribution is -0.164. The van der Waals surface area contributed by atoms with Crippen molar-refractivity contribution in [2.45, 2.75) is 48.0 Å². The maximum absolute atomic E-state index is 12.4. The van der Waals surface area contributed by atoms with E-state index in [1.807, 2.05) is 41.5 Å². The van der Waals surface area contributed by atoms with Gasteiger partial charge in [0.05, 0.1) is 25.0 Å². The summed E-state index contributed by atoms with van der Waals surface area (Å²) in [6.07, 6.45) is 2.64. The molecule has 0 spiro atoms. The molecule has 4 nitrogen and oxygen atoms in total. The van der Waals surface area contributed by atoms with Gasteiger partial charge < -0.3 is 9.47 Å². The summed E-state index contributed by atoms with van der Waals surface area (Å²) in [7, 11) is 0. The zero-order valence-corrected chi connectivity index (χ0v) is 14.7. The van der Waals surface area contributed by atoms with E-state index in [4.69, 9.17) is 9.47 Å². The summed E-state index contributed by atoms with van der Waals surface area (Å²) in [5.41, 5.74) is 1.13. The van der Waals surface area contributed by atoms with Crippen LogP contribution in [0.5, 0.6) is 0 Å². The number of hydrogen-bond donors (Lipinski definition) is 0. The molecule has 0 fully saturated rings. The fraction of sp³-hybridized carbons (Fsp3) is 0.778. The zero-order valence-electron chi connectivity index (χ0n) is 14.7. The van der Waals surface area contributed by atoms with Crippen molar-refractivity contribution < 1.29 is 19.1 Å². The Hall–Kier alpha value is -1.32. The topological polar surface area (TPSA) is 52.6 Å². The molecular weight excluding hydrogens is 280 g/mol. The number of hydrogen-bond acceptors (Lipinski definition) is 4. The highest BCUT2D eigenvalue weighted by atomic mass is 16.5. The molecule has 0 bridgehead atoms. The molecule has 0 aromatic heterocycles. The number of esters is 2. The van der Waals surface area contributed by atoms with Crippen LogP contribution in [0.2, 0.25) is 0 Å². The van der Waals surface area contributed by atoms with Crippen LogP contribution >= 0.6 is 0 Å². The summed E-state index contributed by atoms with van der Waals surface area (Å²) in [6, 6.07) is 0. The minimum Gasteiger partial charge on any atom is -0.465 e. The molecule has 22 heavy (non-hydrogen) atoms. The van der Waals surface area contributed by atoms with Crippen molar-refractivity contribution in [2.75, 3.05) is 13.2 Å². The fourth-order valence-electron chi connectivity index (χ4n) is 2.77. The van der Waals surface area contributed by atoms with Crippen LogP contribution in [0.3, 0.4) is 0 Å². The van der Waals surface area contributed by atoms with Gasteiger partial charge in [-0.25, -0.2) is 0 Å². The van der Waals surface area contributed by atoms with Gasteiger partial charge in [-0.2, -0.15) is 0 Å². The molecule has 3 atom stereocenters. The van der Waals surface area contributed by atoms with Gasteiger partial charge in [-0.15, -0.1) is 0 Å². The van der Waals surface area contributed by atoms with Gasteiger partial charge in [0.1, 0.15) is 0 Å². The first-order valence-corrected chi connectivity index (χ1v) is 8.22. The second kappa shape index (κ2) is 8.35. The molecule has 0 aromatic carbocycles. The Morgan fingerprint density at radius 1 is 1.09 bits per heavy atom. The molecule has 0 radical (unpaired) electrons. The van der Waals surface area contributed by atoms with E-state index in [0.717, 1.165) is 5.57 Å². The summed E-state index contributed by atoms with van der Waals surface area (Å²) in [6.45, 7) is 12.7. The highest BCUT2D eigenvalue weighted by molar-refractivity contribution is 5.83. The Morgan fingerprint density at radius 3 is 2.09 bits per heavy atom. The molecule has 0 heterocycles. The Bertz CT molecular complexity index is 423. The molecule has 126 valence electrons. The van der Waals surface area contributed by atoms with E-state index in [9.17, 15) is 9.59 Å². The molecule has 4 heteroatoms. The van der Waals surface area contributed by atoms with E-state index in [1.54, 1.807) is 0 Å².